The van der Waals surface area contributed by atoms with E-state index in [1.807, 2.05) is 6.92 Å². The molecule has 1 aromatic rings. The van der Waals surface area contributed by atoms with Gasteiger partial charge in [0.25, 0.3) is 0 Å². The van der Waals surface area contributed by atoms with Gasteiger partial charge in [-0.1, -0.05) is 0 Å². The highest BCUT2D eigenvalue weighted by molar-refractivity contribution is 5.59. The molecule has 1 aliphatic rings. The summed E-state index contributed by atoms with van der Waals surface area (Å²) in [6, 6.07) is 1.62. The Kier molecular flexibility index (Phi) is 3.53. The number of pyridine rings is 1. The van der Waals surface area contributed by atoms with Crippen LogP contribution in [0.4, 0.5) is 11.4 Å². The first kappa shape index (κ1) is 11.8. The number of ether oxygens (including phenoxy) is 1. The van der Waals surface area contributed by atoms with E-state index in [4.69, 9.17) is 4.74 Å². The zero-order chi connectivity index (χ0) is 12.3. The molecule has 17 heavy (non-hydrogen) atoms. The maximum atomic E-state index is 10.8. The van der Waals surface area contributed by atoms with Crippen LogP contribution in [-0.2, 0) is 4.74 Å². The number of anilines is 1. The molecule has 0 bridgehead atoms. The fourth-order valence-corrected chi connectivity index (χ4v) is 1.97. The number of hydrogen-bond donors (Lipinski definition) is 1. The summed E-state index contributed by atoms with van der Waals surface area (Å²) in [4.78, 5) is 14.1. The SMILES string of the molecule is CC1OCCC1CNc1ccncc1[N+](=O)[O-]. The summed E-state index contributed by atoms with van der Waals surface area (Å²) >= 11 is 0. The van der Waals surface area contributed by atoms with E-state index in [1.165, 1.54) is 6.20 Å². The Morgan fingerprint density at radius 1 is 1.71 bits per heavy atom. The van der Waals surface area contributed by atoms with Gasteiger partial charge in [-0.3, -0.25) is 15.1 Å². The molecule has 0 radical (unpaired) electrons. The Balaban J connectivity index is 2.01. The van der Waals surface area contributed by atoms with Crippen LogP contribution in [0.15, 0.2) is 18.5 Å². The molecule has 1 saturated heterocycles. The van der Waals surface area contributed by atoms with E-state index in [0.29, 0.717) is 18.2 Å². The monoisotopic (exact) mass is 237 g/mol. The van der Waals surface area contributed by atoms with Crippen molar-refractivity contribution in [3.8, 4) is 0 Å². The molecule has 0 spiro atoms. The number of aromatic nitrogens is 1. The third-order valence-electron chi connectivity index (χ3n) is 3.08. The van der Waals surface area contributed by atoms with E-state index in [1.54, 1.807) is 12.3 Å². The third-order valence-corrected chi connectivity index (χ3v) is 3.08. The molecule has 0 aromatic carbocycles. The van der Waals surface area contributed by atoms with Crippen LogP contribution in [0.25, 0.3) is 0 Å². The van der Waals surface area contributed by atoms with Crippen LogP contribution < -0.4 is 5.32 Å². The van der Waals surface area contributed by atoms with Gasteiger partial charge in [-0.25, -0.2) is 0 Å². The summed E-state index contributed by atoms with van der Waals surface area (Å²) in [5.41, 5.74) is 0.531. The van der Waals surface area contributed by atoms with E-state index >= 15 is 0 Å². The summed E-state index contributed by atoms with van der Waals surface area (Å²) in [7, 11) is 0. The topological polar surface area (TPSA) is 77.3 Å². The maximum absolute atomic E-state index is 10.8. The van der Waals surface area contributed by atoms with Crippen molar-refractivity contribution in [2.24, 2.45) is 5.92 Å². The number of rotatable bonds is 4. The van der Waals surface area contributed by atoms with Crippen LogP contribution in [0.2, 0.25) is 0 Å². The lowest BCUT2D eigenvalue weighted by Gasteiger charge is -2.15. The van der Waals surface area contributed by atoms with Gasteiger partial charge in [-0.05, 0) is 19.4 Å². The van der Waals surface area contributed by atoms with Crippen LogP contribution in [0.1, 0.15) is 13.3 Å². The molecule has 2 atom stereocenters. The van der Waals surface area contributed by atoms with Crippen LogP contribution in [-0.4, -0.2) is 29.2 Å². The second-order valence-corrected chi connectivity index (χ2v) is 4.16. The summed E-state index contributed by atoms with van der Waals surface area (Å²) in [6.07, 6.45) is 4.01. The van der Waals surface area contributed by atoms with Crippen molar-refractivity contribution in [1.29, 1.82) is 0 Å². The first-order valence-corrected chi connectivity index (χ1v) is 5.62. The Morgan fingerprint density at radius 2 is 2.53 bits per heavy atom. The van der Waals surface area contributed by atoms with Crippen molar-refractivity contribution >= 4 is 11.4 Å². The van der Waals surface area contributed by atoms with Gasteiger partial charge in [0.2, 0.25) is 0 Å². The third kappa shape index (κ3) is 2.71. The fraction of sp³-hybridized carbons (Fsp3) is 0.545. The van der Waals surface area contributed by atoms with Crippen molar-refractivity contribution in [1.82, 2.24) is 4.98 Å². The molecule has 2 unspecified atom stereocenters. The molecule has 0 amide bonds. The molecule has 0 saturated carbocycles. The van der Waals surface area contributed by atoms with Gasteiger partial charge in [0, 0.05) is 25.3 Å². The zero-order valence-electron chi connectivity index (χ0n) is 9.63. The van der Waals surface area contributed by atoms with Gasteiger partial charge in [-0.15, -0.1) is 0 Å². The van der Waals surface area contributed by atoms with Crippen molar-refractivity contribution in [3.63, 3.8) is 0 Å². The normalized spacial score (nSPS) is 23.6. The zero-order valence-corrected chi connectivity index (χ0v) is 9.63. The predicted molar refractivity (Wildman–Crippen MR) is 62.9 cm³/mol. The van der Waals surface area contributed by atoms with E-state index in [-0.39, 0.29) is 11.8 Å². The highest BCUT2D eigenvalue weighted by Crippen LogP contribution is 2.25. The molecule has 1 N–H and O–H groups in total. The second-order valence-electron chi connectivity index (χ2n) is 4.16. The average Bonchev–Trinajstić information content (AvgIpc) is 2.72. The maximum Gasteiger partial charge on any atom is 0.310 e. The van der Waals surface area contributed by atoms with Gasteiger partial charge >= 0.3 is 5.69 Å². The lowest BCUT2D eigenvalue weighted by molar-refractivity contribution is -0.384. The van der Waals surface area contributed by atoms with Gasteiger partial charge in [-0.2, -0.15) is 0 Å². The minimum absolute atomic E-state index is 0.0130. The van der Waals surface area contributed by atoms with E-state index in [2.05, 4.69) is 10.3 Å². The fourth-order valence-electron chi connectivity index (χ4n) is 1.97. The molecule has 1 fully saturated rings. The van der Waals surface area contributed by atoms with Gasteiger partial charge in [0.05, 0.1) is 11.0 Å². The molecule has 6 nitrogen and oxygen atoms in total. The first-order valence-electron chi connectivity index (χ1n) is 5.62. The Morgan fingerprint density at radius 3 is 3.18 bits per heavy atom. The molecule has 1 aliphatic heterocycles. The lowest BCUT2D eigenvalue weighted by Crippen LogP contribution is -2.21. The molecular weight excluding hydrogens is 222 g/mol. The second kappa shape index (κ2) is 5.09. The highest BCUT2D eigenvalue weighted by atomic mass is 16.6. The van der Waals surface area contributed by atoms with E-state index < -0.39 is 4.92 Å². The van der Waals surface area contributed by atoms with Crippen molar-refractivity contribution in [3.05, 3.63) is 28.6 Å². The summed E-state index contributed by atoms with van der Waals surface area (Å²) < 4.78 is 5.45. The molecule has 0 aliphatic carbocycles. The van der Waals surface area contributed by atoms with Crippen LogP contribution in [0.3, 0.4) is 0 Å². The lowest BCUT2D eigenvalue weighted by atomic mass is 10.0. The van der Waals surface area contributed by atoms with Crippen molar-refractivity contribution in [2.75, 3.05) is 18.5 Å². The van der Waals surface area contributed by atoms with E-state index in [9.17, 15) is 10.1 Å². The first-order chi connectivity index (χ1) is 8.18. The van der Waals surface area contributed by atoms with Gasteiger partial charge in [0.15, 0.2) is 0 Å². The quantitative estimate of drug-likeness (QED) is 0.638. The van der Waals surface area contributed by atoms with Crippen LogP contribution >= 0.6 is 0 Å². The minimum Gasteiger partial charge on any atom is -0.379 e. The minimum atomic E-state index is -0.427. The molecule has 92 valence electrons. The molecule has 2 heterocycles. The number of nitrogens with zero attached hydrogens (tertiary/aromatic N) is 2. The molecule has 1 aromatic heterocycles. The Labute approximate surface area is 99.2 Å². The largest absolute Gasteiger partial charge is 0.379 e. The van der Waals surface area contributed by atoms with Crippen molar-refractivity contribution in [2.45, 2.75) is 19.4 Å². The number of hydrogen-bond acceptors (Lipinski definition) is 5. The highest BCUT2D eigenvalue weighted by Gasteiger charge is 2.24. The Bertz CT molecular complexity index is 411. The van der Waals surface area contributed by atoms with Gasteiger partial charge < -0.3 is 10.1 Å². The standard InChI is InChI=1S/C11H15N3O3/c1-8-9(3-5-17-8)6-13-10-2-4-12-7-11(10)14(15)16/h2,4,7-9H,3,5-6H2,1H3,(H,12,13). The molecule has 2 rings (SSSR count). The summed E-state index contributed by atoms with van der Waals surface area (Å²) in [6.45, 7) is 3.48. The molecule has 6 heteroatoms. The average molecular weight is 237 g/mol. The van der Waals surface area contributed by atoms with E-state index in [0.717, 1.165) is 13.0 Å². The smallest absolute Gasteiger partial charge is 0.310 e. The van der Waals surface area contributed by atoms with Crippen molar-refractivity contribution < 1.29 is 9.66 Å². The summed E-state index contributed by atoms with van der Waals surface area (Å²) in [5, 5.41) is 13.9. The Hall–Kier alpha value is -1.69. The molecular formula is C11H15N3O3. The summed E-state index contributed by atoms with van der Waals surface area (Å²) in [5.74, 6) is 0.405. The van der Waals surface area contributed by atoms with Crippen LogP contribution in [0, 0.1) is 16.0 Å². The number of nitro groups is 1. The number of nitrogens with one attached hydrogen (secondary N) is 1. The predicted octanol–water partition coefficient (Wildman–Crippen LogP) is 1.83. The van der Waals surface area contributed by atoms with Gasteiger partial charge in [0.1, 0.15) is 11.9 Å². The van der Waals surface area contributed by atoms with Crippen LogP contribution in [0.5, 0.6) is 0 Å².